The molecule has 0 radical (unpaired) electrons. The van der Waals surface area contributed by atoms with E-state index >= 15 is 0 Å². The van der Waals surface area contributed by atoms with Crippen molar-refractivity contribution in [3.8, 4) is 11.3 Å². The highest BCUT2D eigenvalue weighted by Crippen LogP contribution is 2.26. The lowest BCUT2D eigenvalue weighted by molar-refractivity contribution is 0.604. The van der Waals surface area contributed by atoms with Crippen molar-refractivity contribution in [2.45, 2.75) is 45.3 Å². The molecule has 0 amide bonds. The number of rotatable bonds is 6. The van der Waals surface area contributed by atoms with Crippen LogP contribution in [-0.2, 0) is 13.1 Å². The Labute approximate surface area is 118 Å². The van der Waals surface area contributed by atoms with Crippen LogP contribution in [0.2, 0.25) is 0 Å². The summed E-state index contributed by atoms with van der Waals surface area (Å²) in [4.78, 5) is 0. The summed E-state index contributed by atoms with van der Waals surface area (Å²) in [6.45, 7) is 3.76. The van der Waals surface area contributed by atoms with E-state index in [0.717, 1.165) is 36.3 Å². The zero-order chi connectivity index (χ0) is 13.9. The number of aromatic nitrogens is 2. The molecule has 106 valence electrons. The van der Waals surface area contributed by atoms with Gasteiger partial charge in [-0.1, -0.05) is 13.0 Å². The summed E-state index contributed by atoms with van der Waals surface area (Å²) in [7, 11) is 0. The van der Waals surface area contributed by atoms with Crippen LogP contribution >= 0.6 is 0 Å². The SMILES string of the molecule is CCCn1nccc1-c1cc(F)ccc1CNC1CC1. The van der Waals surface area contributed by atoms with E-state index in [-0.39, 0.29) is 5.82 Å². The van der Waals surface area contributed by atoms with Crippen LogP contribution in [-0.4, -0.2) is 15.8 Å². The zero-order valence-electron chi connectivity index (χ0n) is 11.8. The first-order valence-electron chi connectivity index (χ1n) is 7.32. The minimum absolute atomic E-state index is 0.195. The fourth-order valence-corrected chi connectivity index (χ4v) is 2.43. The number of nitrogens with one attached hydrogen (secondary N) is 1. The lowest BCUT2D eigenvalue weighted by Crippen LogP contribution is -2.16. The van der Waals surface area contributed by atoms with E-state index in [1.54, 1.807) is 12.3 Å². The molecule has 0 unspecified atom stereocenters. The lowest BCUT2D eigenvalue weighted by Gasteiger charge is -2.12. The summed E-state index contributed by atoms with van der Waals surface area (Å²) in [5.74, 6) is -0.195. The van der Waals surface area contributed by atoms with Gasteiger partial charge in [0.2, 0.25) is 0 Å². The van der Waals surface area contributed by atoms with Crippen LogP contribution in [0, 0.1) is 5.82 Å². The van der Waals surface area contributed by atoms with E-state index in [1.807, 2.05) is 16.8 Å². The summed E-state index contributed by atoms with van der Waals surface area (Å²) in [6.07, 6.45) is 5.31. The van der Waals surface area contributed by atoms with E-state index in [4.69, 9.17) is 0 Å². The molecule has 1 aromatic heterocycles. The number of aryl methyl sites for hydroxylation is 1. The molecular formula is C16H20FN3. The molecule has 1 aliphatic rings. The van der Waals surface area contributed by atoms with Crippen molar-refractivity contribution in [2.75, 3.05) is 0 Å². The van der Waals surface area contributed by atoms with Crippen LogP contribution in [0.1, 0.15) is 31.7 Å². The average molecular weight is 273 g/mol. The number of hydrogen-bond acceptors (Lipinski definition) is 2. The predicted molar refractivity (Wildman–Crippen MR) is 77.8 cm³/mol. The van der Waals surface area contributed by atoms with Gasteiger partial charge in [-0.3, -0.25) is 4.68 Å². The van der Waals surface area contributed by atoms with Crippen molar-refractivity contribution in [3.63, 3.8) is 0 Å². The van der Waals surface area contributed by atoms with Gasteiger partial charge in [0.1, 0.15) is 5.82 Å². The molecule has 0 saturated heterocycles. The Hall–Kier alpha value is -1.68. The third-order valence-electron chi connectivity index (χ3n) is 3.66. The van der Waals surface area contributed by atoms with Gasteiger partial charge in [0, 0.05) is 30.9 Å². The summed E-state index contributed by atoms with van der Waals surface area (Å²) < 4.78 is 15.6. The highest BCUT2D eigenvalue weighted by Gasteiger charge is 2.21. The van der Waals surface area contributed by atoms with Crippen molar-refractivity contribution in [3.05, 3.63) is 41.8 Å². The quantitative estimate of drug-likeness (QED) is 0.874. The Morgan fingerprint density at radius 3 is 2.95 bits per heavy atom. The maximum atomic E-state index is 13.6. The van der Waals surface area contributed by atoms with E-state index in [1.165, 1.54) is 18.9 Å². The molecule has 4 heteroatoms. The van der Waals surface area contributed by atoms with E-state index in [9.17, 15) is 4.39 Å². The lowest BCUT2D eigenvalue weighted by atomic mass is 10.0. The Bertz CT molecular complexity index is 587. The topological polar surface area (TPSA) is 29.9 Å². The minimum atomic E-state index is -0.195. The molecule has 1 N–H and O–H groups in total. The maximum absolute atomic E-state index is 13.6. The predicted octanol–water partition coefficient (Wildman–Crippen LogP) is 3.35. The van der Waals surface area contributed by atoms with Crippen molar-refractivity contribution < 1.29 is 4.39 Å². The molecule has 20 heavy (non-hydrogen) atoms. The monoisotopic (exact) mass is 273 g/mol. The van der Waals surface area contributed by atoms with Crippen molar-refractivity contribution in [1.82, 2.24) is 15.1 Å². The van der Waals surface area contributed by atoms with Gasteiger partial charge in [0.15, 0.2) is 0 Å². The Morgan fingerprint density at radius 1 is 1.35 bits per heavy atom. The second kappa shape index (κ2) is 5.75. The van der Waals surface area contributed by atoms with Crippen LogP contribution in [0.25, 0.3) is 11.3 Å². The third-order valence-corrected chi connectivity index (χ3v) is 3.66. The number of benzene rings is 1. The minimum Gasteiger partial charge on any atom is -0.310 e. The van der Waals surface area contributed by atoms with Gasteiger partial charge in [0.25, 0.3) is 0 Å². The van der Waals surface area contributed by atoms with Crippen LogP contribution in [0.4, 0.5) is 4.39 Å². The molecule has 3 rings (SSSR count). The highest BCUT2D eigenvalue weighted by molar-refractivity contribution is 5.64. The molecule has 1 fully saturated rings. The molecular weight excluding hydrogens is 253 g/mol. The van der Waals surface area contributed by atoms with Crippen LogP contribution in [0.5, 0.6) is 0 Å². The van der Waals surface area contributed by atoms with Gasteiger partial charge in [-0.2, -0.15) is 5.10 Å². The Kier molecular flexibility index (Phi) is 3.83. The van der Waals surface area contributed by atoms with Gasteiger partial charge < -0.3 is 5.32 Å². The second-order valence-corrected chi connectivity index (χ2v) is 5.40. The smallest absolute Gasteiger partial charge is 0.123 e. The molecule has 2 aromatic rings. The average Bonchev–Trinajstić information content (AvgIpc) is 3.16. The van der Waals surface area contributed by atoms with Gasteiger partial charge >= 0.3 is 0 Å². The first-order chi connectivity index (χ1) is 9.78. The fraction of sp³-hybridized carbons (Fsp3) is 0.438. The van der Waals surface area contributed by atoms with Gasteiger partial charge in [-0.25, -0.2) is 4.39 Å². The summed E-state index contributed by atoms with van der Waals surface area (Å²) in [6, 6.07) is 7.64. The molecule has 0 atom stereocenters. The molecule has 1 heterocycles. The molecule has 1 aromatic carbocycles. The molecule has 1 aliphatic carbocycles. The van der Waals surface area contributed by atoms with Crippen molar-refractivity contribution in [2.24, 2.45) is 0 Å². The van der Waals surface area contributed by atoms with Crippen LogP contribution < -0.4 is 5.32 Å². The Morgan fingerprint density at radius 2 is 2.20 bits per heavy atom. The normalized spacial score (nSPS) is 14.7. The van der Waals surface area contributed by atoms with Crippen LogP contribution in [0.3, 0.4) is 0 Å². The standard InChI is InChI=1S/C16H20FN3/c1-2-9-20-16(7-8-19-20)15-10-13(17)4-3-12(15)11-18-14-5-6-14/h3-4,7-8,10,14,18H,2,5-6,9,11H2,1H3. The zero-order valence-corrected chi connectivity index (χ0v) is 11.8. The maximum Gasteiger partial charge on any atom is 0.123 e. The molecule has 0 spiro atoms. The molecule has 0 aliphatic heterocycles. The fourth-order valence-electron chi connectivity index (χ4n) is 2.43. The largest absolute Gasteiger partial charge is 0.310 e. The van der Waals surface area contributed by atoms with E-state index < -0.39 is 0 Å². The first kappa shape index (κ1) is 13.3. The molecule has 3 nitrogen and oxygen atoms in total. The summed E-state index contributed by atoms with van der Waals surface area (Å²) in [5.41, 5.74) is 3.08. The highest BCUT2D eigenvalue weighted by atomic mass is 19.1. The first-order valence-corrected chi connectivity index (χ1v) is 7.32. The Balaban J connectivity index is 1.92. The van der Waals surface area contributed by atoms with Gasteiger partial charge in [0.05, 0.1) is 5.69 Å². The molecule has 0 bridgehead atoms. The number of nitrogens with zero attached hydrogens (tertiary/aromatic N) is 2. The van der Waals surface area contributed by atoms with Gasteiger partial charge in [-0.05, 0) is 43.0 Å². The van der Waals surface area contributed by atoms with Crippen molar-refractivity contribution >= 4 is 0 Å². The van der Waals surface area contributed by atoms with Gasteiger partial charge in [-0.15, -0.1) is 0 Å². The molecule has 1 saturated carbocycles. The second-order valence-electron chi connectivity index (χ2n) is 5.40. The number of hydrogen-bond donors (Lipinski definition) is 1. The third kappa shape index (κ3) is 2.90. The van der Waals surface area contributed by atoms with E-state index in [0.29, 0.717) is 6.04 Å². The summed E-state index contributed by atoms with van der Waals surface area (Å²) in [5, 5.41) is 7.83. The van der Waals surface area contributed by atoms with Crippen LogP contribution in [0.15, 0.2) is 30.5 Å². The number of halogens is 1. The van der Waals surface area contributed by atoms with E-state index in [2.05, 4.69) is 17.3 Å². The van der Waals surface area contributed by atoms with Crippen molar-refractivity contribution in [1.29, 1.82) is 0 Å². The summed E-state index contributed by atoms with van der Waals surface area (Å²) >= 11 is 0.